The van der Waals surface area contributed by atoms with E-state index >= 15 is 0 Å². The van der Waals surface area contributed by atoms with Gasteiger partial charge in [0.15, 0.2) is 0 Å². The van der Waals surface area contributed by atoms with Crippen LogP contribution in [0, 0.1) is 17.0 Å². The van der Waals surface area contributed by atoms with Crippen molar-refractivity contribution in [2.75, 3.05) is 0 Å². The lowest BCUT2D eigenvalue weighted by atomic mass is 10.2. The summed E-state index contributed by atoms with van der Waals surface area (Å²) in [7, 11) is 0. The van der Waals surface area contributed by atoms with E-state index in [2.05, 4.69) is 10.1 Å². The summed E-state index contributed by atoms with van der Waals surface area (Å²) in [4.78, 5) is 13.6. The van der Waals surface area contributed by atoms with Gasteiger partial charge in [-0.2, -0.15) is 13.2 Å². The number of rotatable bonds is 3. The second-order valence-corrected chi connectivity index (χ2v) is 4.60. The monoisotopic (exact) mass is 320 g/mol. The van der Waals surface area contributed by atoms with E-state index in [1.807, 2.05) is 0 Å². The van der Waals surface area contributed by atoms with Crippen LogP contribution in [0.15, 0.2) is 18.2 Å². The Labute approximate surface area is 121 Å². The molecular weight excluding hydrogens is 313 g/mol. The number of halogens is 4. The van der Waals surface area contributed by atoms with Crippen molar-refractivity contribution in [1.82, 2.24) is 14.8 Å². The van der Waals surface area contributed by atoms with Gasteiger partial charge >= 0.3 is 6.18 Å². The van der Waals surface area contributed by atoms with Gasteiger partial charge in [0, 0.05) is 11.1 Å². The second kappa shape index (κ2) is 5.32. The van der Waals surface area contributed by atoms with E-state index in [0.717, 1.165) is 10.7 Å². The Kier molecular flexibility index (Phi) is 3.86. The van der Waals surface area contributed by atoms with Crippen LogP contribution in [0.4, 0.5) is 18.9 Å². The molecule has 1 aromatic carbocycles. The lowest BCUT2D eigenvalue weighted by Gasteiger charge is -2.05. The molecule has 2 rings (SSSR count). The molecule has 0 saturated heterocycles. The summed E-state index contributed by atoms with van der Waals surface area (Å²) >= 11 is 5.67. The van der Waals surface area contributed by atoms with Gasteiger partial charge in [0.2, 0.25) is 0 Å². The number of nitro groups is 1. The lowest BCUT2D eigenvalue weighted by Crippen LogP contribution is -2.10. The highest BCUT2D eigenvalue weighted by Gasteiger charge is 2.36. The fraction of sp³-hybridized carbons (Fsp3) is 0.273. The average molecular weight is 321 g/mol. The molecule has 0 aliphatic carbocycles. The number of hydrogen-bond donors (Lipinski definition) is 0. The molecule has 112 valence electrons. The van der Waals surface area contributed by atoms with Gasteiger partial charge in [-0.15, -0.1) is 5.10 Å². The van der Waals surface area contributed by atoms with Gasteiger partial charge in [-0.1, -0.05) is 11.6 Å². The number of benzene rings is 1. The highest BCUT2D eigenvalue weighted by molar-refractivity contribution is 6.30. The molecular formula is C11H8ClF3N4O2. The number of hydrogen-bond acceptors (Lipinski definition) is 4. The number of nitro benzene ring substituents is 1. The molecule has 0 saturated carbocycles. The van der Waals surface area contributed by atoms with Gasteiger partial charge in [-0.3, -0.25) is 10.1 Å². The number of alkyl halides is 3. The molecule has 0 radical (unpaired) electrons. The zero-order valence-corrected chi connectivity index (χ0v) is 11.3. The molecule has 6 nitrogen and oxygen atoms in total. The maximum Gasteiger partial charge on any atom is 0.453 e. The maximum absolute atomic E-state index is 12.5. The van der Waals surface area contributed by atoms with Crippen molar-refractivity contribution in [3.63, 3.8) is 0 Å². The Hall–Kier alpha value is -2.16. The summed E-state index contributed by atoms with van der Waals surface area (Å²) < 4.78 is 38.5. The van der Waals surface area contributed by atoms with E-state index in [1.165, 1.54) is 19.1 Å². The Morgan fingerprint density at radius 3 is 2.62 bits per heavy atom. The quantitative estimate of drug-likeness (QED) is 0.643. The predicted molar refractivity (Wildman–Crippen MR) is 67.0 cm³/mol. The van der Waals surface area contributed by atoms with E-state index in [-0.39, 0.29) is 28.6 Å². The topological polar surface area (TPSA) is 73.8 Å². The lowest BCUT2D eigenvalue weighted by molar-refractivity contribution is -0.385. The Morgan fingerprint density at radius 1 is 1.43 bits per heavy atom. The van der Waals surface area contributed by atoms with E-state index in [0.29, 0.717) is 0 Å². The van der Waals surface area contributed by atoms with E-state index in [4.69, 9.17) is 11.6 Å². The normalized spacial score (nSPS) is 11.7. The van der Waals surface area contributed by atoms with Crippen molar-refractivity contribution in [3.8, 4) is 0 Å². The molecule has 0 amide bonds. The minimum Gasteiger partial charge on any atom is -0.258 e. The summed E-state index contributed by atoms with van der Waals surface area (Å²) in [6.07, 6.45) is -4.66. The third kappa shape index (κ3) is 3.30. The van der Waals surface area contributed by atoms with Crippen molar-refractivity contribution >= 4 is 17.3 Å². The predicted octanol–water partition coefficient (Wildman–Crippen LogP) is 3.22. The molecule has 0 unspecified atom stereocenters. The molecule has 0 aliphatic rings. The van der Waals surface area contributed by atoms with Gasteiger partial charge in [-0.25, -0.2) is 9.67 Å². The second-order valence-electron chi connectivity index (χ2n) is 4.17. The molecule has 0 atom stereocenters. The molecule has 10 heteroatoms. The third-order valence-electron chi connectivity index (χ3n) is 2.67. The van der Waals surface area contributed by atoms with E-state index in [1.54, 1.807) is 0 Å². The Balaban J connectivity index is 2.39. The van der Waals surface area contributed by atoms with Crippen LogP contribution in [0.3, 0.4) is 0 Å². The first kappa shape index (κ1) is 15.2. The summed E-state index contributed by atoms with van der Waals surface area (Å²) in [5, 5.41) is 14.4. The van der Waals surface area contributed by atoms with Crippen LogP contribution in [-0.4, -0.2) is 19.7 Å². The minimum absolute atomic E-state index is 0.00609. The van der Waals surface area contributed by atoms with Crippen LogP contribution in [-0.2, 0) is 12.7 Å². The highest BCUT2D eigenvalue weighted by Crippen LogP contribution is 2.27. The van der Waals surface area contributed by atoms with Crippen molar-refractivity contribution in [3.05, 3.63) is 50.5 Å². The fourth-order valence-corrected chi connectivity index (χ4v) is 1.86. The zero-order chi connectivity index (χ0) is 15.8. The Morgan fingerprint density at radius 2 is 2.10 bits per heavy atom. The number of nitrogens with zero attached hydrogens (tertiary/aromatic N) is 4. The van der Waals surface area contributed by atoms with Crippen LogP contribution < -0.4 is 0 Å². The third-order valence-corrected chi connectivity index (χ3v) is 2.91. The number of aryl methyl sites for hydroxylation is 1. The number of aromatic nitrogens is 3. The summed E-state index contributed by atoms with van der Waals surface area (Å²) in [5.41, 5.74) is -0.0999. The van der Waals surface area contributed by atoms with Crippen LogP contribution in [0.5, 0.6) is 0 Å². The molecule has 1 aromatic heterocycles. The van der Waals surface area contributed by atoms with Crippen LogP contribution in [0.1, 0.15) is 17.2 Å². The van der Waals surface area contributed by atoms with Gasteiger partial charge < -0.3 is 0 Å². The van der Waals surface area contributed by atoms with Crippen molar-refractivity contribution in [1.29, 1.82) is 0 Å². The SMILES string of the molecule is Cc1nc(C(F)(F)F)nn1Cc1ccc(Cl)cc1[N+](=O)[O-]. The molecule has 1 heterocycles. The Bertz CT molecular complexity index is 699. The maximum atomic E-state index is 12.5. The first-order valence-electron chi connectivity index (χ1n) is 5.60. The van der Waals surface area contributed by atoms with Crippen LogP contribution >= 0.6 is 11.6 Å². The van der Waals surface area contributed by atoms with Gasteiger partial charge in [0.1, 0.15) is 5.82 Å². The summed E-state index contributed by atoms with van der Waals surface area (Å²) in [6.45, 7) is 1.13. The fourth-order valence-electron chi connectivity index (χ4n) is 1.69. The van der Waals surface area contributed by atoms with Crippen LogP contribution in [0.25, 0.3) is 0 Å². The van der Waals surface area contributed by atoms with Crippen LogP contribution in [0.2, 0.25) is 5.02 Å². The molecule has 2 aromatic rings. The largest absolute Gasteiger partial charge is 0.453 e. The van der Waals surface area contributed by atoms with E-state index < -0.39 is 16.9 Å². The molecule has 0 N–H and O–H groups in total. The first-order chi connectivity index (χ1) is 9.68. The smallest absolute Gasteiger partial charge is 0.258 e. The average Bonchev–Trinajstić information content (AvgIpc) is 2.73. The van der Waals surface area contributed by atoms with Gasteiger partial charge in [0.05, 0.1) is 17.0 Å². The molecule has 0 aliphatic heterocycles. The highest BCUT2D eigenvalue weighted by atomic mass is 35.5. The van der Waals surface area contributed by atoms with Gasteiger partial charge in [-0.05, 0) is 19.1 Å². The molecule has 0 fully saturated rings. The van der Waals surface area contributed by atoms with Crippen molar-refractivity contribution in [2.45, 2.75) is 19.6 Å². The molecule has 0 bridgehead atoms. The minimum atomic E-state index is -4.66. The van der Waals surface area contributed by atoms with E-state index in [9.17, 15) is 23.3 Å². The van der Waals surface area contributed by atoms with Gasteiger partial charge in [0.25, 0.3) is 11.5 Å². The first-order valence-corrected chi connectivity index (χ1v) is 5.97. The van der Waals surface area contributed by atoms with Crippen molar-refractivity contribution in [2.24, 2.45) is 0 Å². The summed E-state index contributed by atoms with van der Waals surface area (Å²) in [5.74, 6) is -1.27. The zero-order valence-electron chi connectivity index (χ0n) is 10.6. The molecule has 0 spiro atoms. The van der Waals surface area contributed by atoms with Crippen molar-refractivity contribution < 1.29 is 18.1 Å². The summed E-state index contributed by atoms with van der Waals surface area (Å²) in [6, 6.07) is 3.92. The standard InChI is InChI=1S/C11H8ClF3N4O2/c1-6-16-10(11(13,14)15)17-18(6)5-7-2-3-8(12)4-9(7)19(20)21/h2-4H,5H2,1H3. The molecule has 21 heavy (non-hydrogen) atoms.